The molecule has 0 bridgehead atoms. The summed E-state index contributed by atoms with van der Waals surface area (Å²) >= 11 is 1.68. The average molecular weight is 290 g/mol. The Morgan fingerprint density at radius 1 is 1.14 bits per heavy atom. The van der Waals surface area contributed by atoms with Gasteiger partial charge in [-0.1, -0.05) is 42.0 Å². The van der Waals surface area contributed by atoms with Crippen LogP contribution in [0.1, 0.15) is 21.7 Å². The first-order valence-corrected chi connectivity index (χ1v) is 7.63. The Morgan fingerprint density at radius 3 is 2.67 bits per heavy atom. The van der Waals surface area contributed by atoms with E-state index in [0.29, 0.717) is 5.56 Å². The third-order valence-electron chi connectivity index (χ3n) is 3.30. The molecule has 102 valence electrons. The first-order chi connectivity index (χ1) is 10.2. The Kier molecular flexibility index (Phi) is 3.81. The van der Waals surface area contributed by atoms with Gasteiger partial charge in [0.05, 0.1) is 22.3 Å². The van der Waals surface area contributed by atoms with Gasteiger partial charge >= 0.3 is 0 Å². The molecule has 2 nitrogen and oxygen atoms in total. The van der Waals surface area contributed by atoms with E-state index >= 15 is 0 Å². The van der Waals surface area contributed by atoms with E-state index in [0.717, 1.165) is 22.7 Å². The molecule has 0 unspecified atom stereocenters. The fraction of sp³-hybridized carbons (Fsp3) is 0.111. The largest absolute Gasteiger partial charge is 0.241 e. The maximum Gasteiger partial charge on any atom is 0.0991 e. The highest BCUT2D eigenvalue weighted by atomic mass is 32.1. The molecule has 0 aliphatic carbocycles. The topological polar surface area (TPSA) is 36.7 Å². The van der Waals surface area contributed by atoms with Gasteiger partial charge in [0.1, 0.15) is 0 Å². The van der Waals surface area contributed by atoms with E-state index in [1.54, 1.807) is 11.3 Å². The minimum absolute atomic E-state index is 0.675. The van der Waals surface area contributed by atoms with Gasteiger partial charge in [0.25, 0.3) is 0 Å². The van der Waals surface area contributed by atoms with Gasteiger partial charge in [0, 0.05) is 17.4 Å². The summed E-state index contributed by atoms with van der Waals surface area (Å²) in [5.74, 6) is 0. The molecule has 0 saturated carbocycles. The number of hydrogen-bond acceptors (Lipinski definition) is 3. The number of thiazole rings is 1. The summed E-state index contributed by atoms with van der Waals surface area (Å²) in [4.78, 5) is 4.70. The standard InChI is InChI=1S/C18H14N2S/c1-13-3-2-4-15(9-13)10-18-20-17(12-21-18)16-7-5-14(11-19)6-8-16/h2-9,12H,10H2,1H3. The van der Waals surface area contributed by atoms with Crippen molar-refractivity contribution in [3.8, 4) is 17.3 Å². The number of benzene rings is 2. The van der Waals surface area contributed by atoms with Gasteiger partial charge in [-0.05, 0) is 24.6 Å². The fourth-order valence-electron chi connectivity index (χ4n) is 2.24. The van der Waals surface area contributed by atoms with Gasteiger partial charge < -0.3 is 0 Å². The quantitative estimate of drug-likeness (QED) is 0.708. The van der Waals surface area contributed by atoms with Crippen molar-refractivity contribution in [2.75, 3.05) is 0 Å². The van der Waals surface area contributed by atoms with Crippen LogP contribution in [0.4, 0.5) is 0 Å². The van der Waals surface area contributed by atoms with Gasteiger partial charge in [-0.3, -0.25) is 0 Å². The van der Waals surface area contributed by atoms with Crippen LogP contribution in [0.3, 0.4) is 0 Å². The molecular weight excluding hydrogens is 276 g/mol. The number of nitrogens with zero attached hydrogens (tertiary/aromatic N) is 2. The van der Waals surface area contributed by atoms with Crippen LogP contribution in [0.5, 0.6) is 0 Å². The minimum atomic E-state index is 0.675. The van der Waals surface area contributed by atoms with E-state index in [-0.39, 0.29) is 0 Å². The highest BCUT2D eigenvalue weighted by Crippen LogP contribution is 2.24. The van der Waals surface area contributed by atoms with Gasteiger partial charge in [-0.15, -0.1) is 11.3 Å². The van der Waals surface area contributed by atoms with Gasteiger partial charge in [-0.25, -0.2) is 4.98 Å². The Hall–Kier alpha value is -2.44. The monoisotopic (exact) mass is 290 g/mol. The molecule has 0 atom stereocenters. The first-order valence-electron chi connectivity index (χ1n) is 6.75. The third kappa shape index (κ3) is 3.18. The maximum atomic E-state index is 8.83. The molecule has 2 aromatic carbocycles. The van der Waals surface area contributed by atoms with Crippen molar-refractivity contribution in [3.63, 3.8) is 0 Å². The number of aryl methyl sites for hydroxylation is 1. The molecule has 0 aliphatic rings. The normalized spacial score (nSPS) is 10.3. The van der Waals surface area contributed by atoms with E-state index in [1.165, 1.54) is 11.1 Å². The summed E-state index contributed by atoms with van der Waals surface area (Å²) in [6, 6.07) is 18.2. The van der Waals surface area contributed by atoms with E-state index in [4.69, 9.17) is 10.2 Å². The van der Waals surface area contributed by atoms with Crippen LogP contribution in [0, 0.1) is 18.3 Å². The summed E-state index contributed by atoms with van der Waals surface area (Å²) in [7, 11) is 0. The third-order valence-corrected chi connectivity index (χ3v) is 4.15. The summed E-state index contributed by atoms with van der Waals surface area (Å²) in [6.45, 7) is 2.10. The predicted molar refractivity (Wildman–Crippen MR) is 86.3 cm³/mol. The molecule has 0 spiro atoms. The Balaban J connectivity index is 1.81. The Labute approximate surface area is 128 Å². The van der Waals surface area contributed by atoms with Crippen molar-refractivity contribution in [2.45, 2.75) is 13.3 Å². The molecule has 0 amide bonds. The van der Waals surface area contributed by atoms with Crippen LogP contribution in [-0.4, -0.2) is 4.98 Å². The van der Waals surface area contributed by atoms with E-state index in [1.807, 2.05) is 24.3 Å². The number of aromatic nitrogens is 1. The fourth-order valence-corrected chi connectivity index (χ4v) is 3.07. The highest BCUT2D eigenvalue weighted by Gasteiger charge is 2.06. The minimum Gasteiger partial charge on any atom is -0.241 e. The number of rotatable bonds is 3. The second kappa shape index (κ2) is 5.90. The molecule has 0 radical (unpaired) electrons. The Bertz CT molecular complexity index is 795. The van der Waals surface area contributed by atoms with Crippen molar-refractivity contribution < 1.29 is 0 Å². The Morgan fingerprint density at radius 2 is 1.95 bits per heavy atom. The van der Waals surface area contributed by atoms with Gasteiger partial charge in [0.2, 0.25) is 0 Å². The van der Waals surface area contributed by atoms with E-state index in [2.05, 4.69) is 42.6 Å². The van der Waals surface area contributed by atoms with Crippen molar-refractivity contribution in [1.82, 2.24) is 4.98 Å². The predicted octanol–water partition coefficient (Wildman–Crippen LogP) is 4.58. The second-order valence-corrected chi connectivity index (χ2v) is 5.92. The molecule has 21 heavy (non-hydrogen) atoms. The lowest BCUT2D eigenvalue weighted by Gasteiger charge is -1.99. The van der Waals surface area contributed by atoms with Crippen LogP contribution >= 0.6 is 11.3 Å². The van der Waals surface area contributed by atoms with Crippen LogP contribution in [0.25, 0.3) is 11.3 Å². The lowest BCUT2D eigenvalue weighted by molar-refractivity contribution is 1.13. The lowest BCUT2D eigenvalue weighted by atomic mass is 10.1. The van der Waals surface area contributed by atoms with Crippen molar-refractivity contribution in [3.05, 3.63) is 75.6 Å². The summed E-state index contributed by atoms with van der Waals surface area (Å²) in [5.41, 5.74) is 5.27. The first kappa shape index (κ1) is 13.5. The second-order valence-electron chi connectivity index (χ2n) is 4.98. The molecular formula is C18H14N2S. The molecule has 3 heteroatoms. The molecule has 0 N–H and O–H groups in total. The summed E-state index contributed by atoms with van der Waals surface area (Å²) in [6.07, 6.45) is 0.864. The lowest BCUT2D eigenvalue weighted by Crippen LogP contribution is -1.88. The number of nitriles is 1. The molecule has 1 heterocycles. The van der Waals surface area contributed by atoms with Crippen molar-refractivity contribution in [2.24, 2.45) is 0 Å². The number of hydrogen-bond donors (Lipinski definition) is 0. The van der Waals surface area contributed by atoms with Crippen LogP contribution in [0.2, 0.25) is 0 Å². The van der Waals surface area contributed by atoms with Crippen molar-refractivity contribution >= 4 is 11.3 Å². The smallest absolute Gasteiger partial charge is 0.0991 e. The van der Waals surface area contributed by atoms with Crippen LogP contribution in [-0.2, 0) is 6.42 Å². The van der Waals surface area contributed by atoms with Crippen LogP contribution < -0.4 is 0 Å². The molecule has 3 aromatic rings. The maximum absolute atomic E-state index is 8.83. The zero-order valence-electron chi connectivity index (χ0n) is 11.7. The van der Waals surface area contributed by atoms with Gasteiger partial charge in [-0.2, -0.15) is 5.26 Å². The molecule has 0 saturated heterocycles. The SMILES string of the molecule is Cc1cccc(Cc2nc(-c3ccc(C#N)cc3)cs2)c1. The average Bonchev–Trinajstić information content (AvgIpc) is 2.96. The summed E-state index contributed by atoms with van der Waals surface area (Å²) < 4.78 is 0. The zero-order chi connectivity index (χ0) is 14.7. The van der Waals surface area contributed by atoms with Crippen LogP contribution in [0.15, 0.2) is 53.9 Å². The molecule has 3 rings (SSSR count). The van der Waals surface area contributed by atoms with Gasteiger partial charge in [0.15, 0.2) is 0 Å². The van der Waals surface area contributed by atoms with E-state index < -0.39 is 0 Å². The van der Waals surface area contributed by atoms with E-state index in [9.17, 15) is 0 Å². The summed E-state index contributed by atoms with van der Waals surface area (Å²) in [5, 5.41) is 12.0. The van der Waals surface area contributed by atoms with Crippen molar-refractivity contribution in [1.29, 1.82) is 5.26 Å². The molecule has 1 aromatic heterocycles. The zero-order valence-corrected chi connectivity index (χ0v) is 12.5. The molecule has 0 fully saturated rings. The highest BCUT2D eigenvalue weighted by molar-refractivity contribution is 7.10. The molecule has 0 aliphatic heterocycles.